The quantitative estimate of drug-likeness (QED) is 0.508. The maximum Gasteiger partial charge on any atom is 0.499 e. The van der Waals surface area contributed by atoms with Gasteiger partial charge in [0.05, 0.1) is 0 Å². The van der Waals surface area contributed by atoms with Crippen molar-refractivity contribution in [1.29, 1.82) is 0 Å². The van der Waals surface area contributed by atoms with E-state index in [2.05, 4.69) is 9.05 Å². The Morgan fingerprint density at radius 2 is 1.00 bits per heavy atom. The molecule has 0 saturated carbocycles. The van der Waals surface area contributed by atoms with Crippen LogP contribution >= 0.6 is 8.25 Å². The molecular weight excluding hydrogens is 369 g/mol. The van der Waals surface area contributed by atoms with Crippen molar-refractivity contribution in [2.24, 2.45) is 0 Å². The fourth-order valence-electron chi connectivity index (χ4n) is 0.427. The van der Waals surface area contributed by atoms with Crippen LogP contribution in [0.4, 0.5) is 26.3 Å². The highest BCUT2D eigenvalue weighted by molar-refractivity contribution is 7.92. The molecular formula is C4H5F6O7PS2. The Bertz CT molecular complexity index is 509. The number of hydrogen-bond donors (Lipinski definition) is 0. The van der Waals surface area contributed by atoms with Gasteiger partial charge in [0, 0.05) is 0 Å². The zero-order valence-corrected chi connectivity index (χ0v) is 11.5. The molecule has 0 atom stereocenters. The summed E-state index contributed by atoms with van der Waals surface area (Å²) in [5, 5.41) is 0. The van der Waals surface area contributed by atoms with Gasteiger partial charge in [-0.25, -0.2) is 16.8 Å². The lowest BCUT2D eigenvalue weighted by Crippen LogP contribution is -2.27. The van der Waals surface area contributed by atoms with Gasteiger partial charge in [-0.1, -0.05) is 0 Å². The van der Waals surface area contributed by atoms with Gasteiger partial charge in [-0.15, -0.1) is 0 Å². The van der Waals surface area contributed by atoms with Gasteiger partial charge in [-0.3, -0.25) is 13.6 Å². The maximum absolute atomic E-state index is 11.8. The van der Waals surface area contributed by atoms with E-state index in [-0.39, 0.29) is 0 Å². The molecule has 0 aliphatic rings. The molecule has 0 aromatic rings. The standard InChI is InChI=1S/C4H5F6O7PS2/c5-3(6,7)19(12,13)1-16-18(11)17-2-20(14,15)4(8,9)10/h18H,1-2H2. The summed E-state index contributed by atoms with van der Waals surface area (Å²) in [7, 11) is -15.8. The summed E-state index contributed by atoms with van der Waals surface area (Å²) in [6, 6.07) is 0. The summed E-state index contributed by atoms with van der Waals surface area (Å²) in [6.07, 6.45) is 0. The van der Waals surface area contributed by atoms with E-state index in [4.69, 9.17) is 0 Å². The lowest BCUT2D eigenvalue weighted by molar-refractivity contribution is -0.0450. The topological polar surface area (TPSA) is 104 Å². The highest BCUT2D eigenvalue weighted by Gasteiger charge is 2.47. The number of sulfone groups is 2. The van der Waals surface area contributed by atoms with Gasteiger partial charge in [0.1, 0.15) is 0 Å². The van der Waals surface area contributed by atoms with Crippen LogP contribution < -0.4 is 0 Å². The summed E-state index contributed by atoms with van der Waals surface area (Å²) >= 11 is 0. The fourth-order valence-corrected chi connectivity index (χ4v) is 2.79. The molecule has 0 amide bonds. The van der Waals surface area contributed by atoms with Crippen LogP contribution in [0.15, 0.2) is 0 Å². The van der Waals surface area contributed by atoms with E-state index in [0.29, 0.717) is 0 Å². The third kappa shape index (κ3) is 5.55. The highest BCUT2D eigenvalue weighted by atomic mass is 32.2. The Labute approximate surface area is 108 Å². The Kier molecular flexibility index (Phi) is 6.06. The van der Waals surface area contributed by atoms with Crippen molar-refractivity contribution in [3.05, 3.63) is 0 Å². The van der Waals surface area contributed by atoms with E-state index in [1.165, 1.54) is 0 Å². The summed E-state index contributed by atoms with van der Waals surface area (Å²) in [4.78, 5) is 0. The van der Waals surface area contributed by atoms with Gasteiger partial charge in [-0.05, 0) is 0 Å². The normalized spacial score (nSPS) is 14.8. The minimum absolute atomic E-state index is 2.18. The van der Waals surface area contributed by atoms with Gasteiger partial charge >= 0.3 is 19.3 Å². The van der Waals surface area contributed by atoms with Crippen LogP contribution in [0.1, 0.15) is 0 Å². The fraction of sp³-hybridized carbons (Fsp3) is 1.00. The first-order valence-electron chi connectivity index (χ1n) is 3.98. The molecule has 0 bridgehead atoms. The molecule has 0 aliphatic heterocycles. The average Bonchev–Trinajstić information content (AvgIpc) is 2.20. The summed E-state index contributed by atoms with van der Waals surface area (Å²) in [5.41, 5.74) is -11.5. The number of halogens is 6. The van der Waals surface area contributed by atoms with Gasteiger partial charge < -0.3 is 0 Å². The minimum atomic E-state index is -5.82. The SMILES string of the molecule is O=[PH](OCS(=O)(=O)C(F)(F)F)OCS(=O)(=O)C(F)(F)F. The predicted molar refractivity (Wildman–Crippen MR) is 50.9 cm³/mol. The number of hydrogen-bond acceptors (Lipinski definition) is 7. The molecule has 7 nitrogen and oxygen atoms in total. The number of rotatable bonds is 6. The van der Waals surface area contributed by atoms with E-state index in [1.807, 2.05) is 0 Å². The third-order valence-corrected chi connectivity index (χ3v) is 4.81. The largest absolute Gasteiger partial charge is 0.499 e. The van der Waals surface area contributed by atoms with Crippen molar-refractivity contribution in [2.75, 3.05) is 11.9 Å². The first-order chi connectivity index (χ1) is 8.60. The molecule has 0 aliphatic carbocycles. The molecule has 0 unspecified atom stereocenters. The van der Waals surface area contributed by atoms with Crippen LogP contribution in [-0.4, -0.2) is 39.7 Å². The molecule has 0 fully saturated rings. The second-order valence-electron chi connectivity index (χ2n) is 2.90. The molecule has 0 spiro atoms. The second kappa shape index (κ2) is 6.17. The summed E-state index contributed by atoms with van der Waals surface area (Å²) < 4.78 is 130. The Hall–Kier alpha value is -0.370. The smallest absolute Gasteiger partial charge is 0.294 e. The van der Waals surface area contributed by atoms with Crippen molar-refractivity contribution >= 4 is 27.9 Å². The van der Waals surface area contributed by atoms with Crippen molar-refractivity contribution in [3.63, 3.8) is 0 Å². The molecule has 0 heterocycles. The van der Waals surface area contributed by atoms with Gasteiger partial charge in [0.25, 0.3) is 19.7 Å². The molecule has 122 valence electrons. The maximum atomic E-state index is 11.8. The molecule has 0 aromatic heterocycles. The van der Waals surface area contributed by atoms with Crippen LogP contribution in [-0.2, 0) is 33.3 Å². The van der Waals surface area contributed by atoms with Crippen molar-refractivity contribution < 1.29 is 56.8 Å². The molecule has 0 aromatic carbocycles. The molecule has 0 N–H and O–H groups in total. The first kappa shape index (κ1) is 19.6. The average molecular weight is 374 g/mol. The van der Waals surface area contributed by atoms with Crippen molar-refractivity contribution in [2.45, 2.75) is 11.0 Å². The van der Waals surface area contributed by atoms with E-state index < -0.39 is 50.8 Å². The van der Waals surface area contributed by atoms with E-state index in [0.717, 1.165) is 0 Å². The van der Waals surface area contributed by atoms with Crippen LogP contribution in [0.25, 0.3) is 0 Å². The van der Waals surface area contributed by atoms with Crippen LogP contribution in [0.3, 0.4) is 0 Å². The Morgan fingerprint density at radius 3 is 1.20 bits per heavy atom. The number of alkyl halides is 6. The highest BCUT2D eigenvalue weighted by Crippen LogP contribution is 2.32. The van der Waals surface area contributed by atoms with Gasteiger partial charge in [-0.2, -0.15) is 26.3 Å². The first-order valence-corrected chi connectivity index (χ1v) is 8.51. The van der Waals surface area contributed by atoms with Gasteiger partial charge in [0.15, 0.2) is 11.9 Å². The van der Waals surface area contributed by atoms with Gasteiger partial charge in [0.2, 0.25) is 0 Å². The minimum Gasteiger partial charge on any atom is -0.294 e. The van der Waals surface area contributed by atoms with E-state index in [9.17, 15) is 47.7 Å². The molecule has 16 heteroatoms. The Balaban J connectivity index is 4.50. The third-order valence-electron chi connectivity index (χ3n) is 1.37. The lowest BCUT2D eigenvalue weighted by Gasteiger charge is -2.10. The molecule has 0 radical (unpaired) electrons. The van der Waals surface area contributed by atoms with Crippen LogP contribution in [0.5, 0.6) is 0 Å². The van der Waals surface area contributed by atoms with E-state index in [1.54, 1.807) is 0 Å². The zero-order chi connectivity index (χ0) is 16.4. The lowest BCUT2D eigenvalue weighted by atomic mass is 11.5. The van der Waals surface area contributed by atoms with Crippen LogP contribution in [0.2, 0.25) is 0 Å². The predicted octanol–water partition coefficient (Wildman–Crippen LogP) is 1.19. The Morgan fingerprint density at radius 1 is 0.750 bits per heavy atom. The van der Waals surface area contributed by atoms with Crippen molar-refractivity contribution in [1.82, 2.24) is 0 Å². The second-order valence-corrected chi connectivity index (χ2v) is 7.83. The monoisotopic (exact) mass is 374 g/mol. The zero-order valence-electron chi connectivity index (χ0n) is 8.86. The van der Waals surface area contributed by atoms with E-state index >= 15 is 0 Å². The summed E-state index contributed by atoms with van der Waals surface area (Å²) in [6.45, 7) is 0. The van der Waals surface area contributed by atoms with Crippen molar-refractivity contribution in [3.8, 4) is 0 Å². The molecule has 0 rings (SSSR count). The molecule has 20 heavy (non-hydrogen) atoms. The van der Waals surface area contributed by atoms with Crippen LogP contribution in [0, 0.1) is 0 Å². The summed E-state index contributed by atoms with van der Waals surface area (Å²) in [5.74, 6) is -4.36. The molecule has 0 saturated heterocycles.